The van der Waals surface area contributed by atoms with Gasteiger partial charge in [-0.2, -0.15) is 5.10 Å². The number of rotatable bonds is 2. The van der Waals surface area contributed by atoms with Crippen LogP contribution in [0.5, 0.6) is 0 Å². The first-order valence-corrected chi connectivity index (χ1v) is 3.88. The zero-order chi connectivity index (χ0) is 10.1. The molecule has 0 atom stereocenters. The van der Waals surface area contributed by atoms with Gasteiger partial charge < -0.3 is 9.63 Å². The van der Waals surface area contributed by atoms with Crippen LogP contribution in [-0.2, 0) is 0 Å². The molecule has 2 heterocycles. The molecule has 2 rings (SSSR count). The molecule has 2 aromatic heterocycles. The summed E-state index contributed by atoms with van der Waals surface area (Å²) in [6.45, 7) is 1.75. The summed E-state index contributed by atoms with van der Waals surface area (Å²) in [7, 11) is 0. The average Bonchev–Trinajstić information content (AvgIpc) is 2.70. The van der Waals surface area contributed by atoms with E-state index in [4.69, 9.17) is 9.63 Å². The first-order valence-electron chi connectivity index (χ1n) is 3.88. The number of carboxylic acids is 1. The zero-order valence-electron chi connectivity index (χ0n) is 7.34. The Balaban J connectivity index is 2.38. The van der Waals surface area contributed by atoms with E-state index in [2.05, 4.69) is 10.3 Å². The highest BCUT2D eigenvalue weighted by Gasteiger charge is 2.09. The summed E-state index contributed by atoms with van der Waals surface area (Å²) >= 11 is 0. The molecule has 72 valence electrons. The van der Waals surface area contributed by atoms with Crippen molar-refractivity contribution < 1.29 is 14.4 Å². The Morgan fingerprint density at radius 1 is 1.64 bits per heavy atom. The predicted molar refractivity (Wildman–Crippen MR) is 45.3 cm³/mol. The van der Waals surface area contributed by atoms with E-state index in [0.29, 0.717) is 11.6 Å². The van der Waals surface area contributed by atoms with Crippen LogP contribution in [0.2, 0.25) is 0 Å². The fourth-order valence-electron chi connectivity index (χ4n) is 1.02. The number of aromatic nitrogens is 3. The molecule has 6 heteroatoms. The fraction of sp³-hybridized carbons (Fsp3) is 0.125. The molecule has 0 radical (unpaired) electrons. The third-order valence-electron chi connectivity index (χ3n) is 1.68. The van der Waals surface area contributed by atoms with Gasteiger partial charge in [-0.25, -0.2) is 9.48 Å². The lowest BCUT2D eigenvalue weighted by molar-refractivity contribution is 0.0697. The van der Waals surface area contributed by atoms with Crippen LogP contribution in [0.1, 0.15) is 16.1 Å². The van der Waals surface area contributed by atoms with Crippen molar-refractivity contribution in [3.8, 4) is 5.82 Å². The van der Waals surface area contributed by atoms with E-state index < -0.39 is 5.97 Å². The largest absolute Gasteiger partial charge is 0.478 e. The van der Waals surface area contributed by atoms with E-state index in [1.165, 1.54) is 17.1 Å². The monoisotopic (exact) mass is 193 g/mol. The van der Waals surface area contributed by atoms with E-state index in [9.17, 15) is 4.79 Å². The molecular weight excluding hydrogens is 186 g/mol. The van der Waals surface area contributed by atoms with Gasteiger partial charge in [0.05, 0.1) is 11.8 Å². The molecule has 1 N–H and O–H groups in total. The van der Waals surface area contributed by atoms with Crippen LogP contribution in [0.4, 0.5) is 0 Å². The minimum Gasteiger partial charge on any atom is -0.478 e. The Morgan fingerprint density at radius 2 is 2.43 bits per heavy atom. The topological polar surface area (TPSA) is 81.2 Å². The van der Waals surface area contributed by atoms with Crippen molar-refractivity contribution in [2.75, 3.05) is 0 Å². The average molecular weight is 193 g/mol. The SMILES string of the molecule is Cc1cc(-n2cc(C(=O)O)cn2)no1. The minimum atomic E-state index is -1.02. The van der Waals surface area contributed by atoms with Gasteiger partial charge >= 0.3 is 5.97 Å². The van der Waals surface area contributed by atoms with Crippen LogP contribution in [0.25, 0.3) is 5.82 Å². The van der Waals surface area contributed by atoms with Crippen molar-refractivity contribution in [2.24, 2.45) is 0 Å². The molecule has 0 saturated heterocycles. The molecule has 0 aromatic carbocycles. The lowest BCUT2D eigenvalue weighted by Crippen LogP contribution is -1.95. The van der Waals surface area contributed by atoms with E-state index >= 15 is 0 Å². The van der Waals surface area contributed by atoms with Gasteiger partial charge in [0.15, 0.2) is 5.82 Å². The molecule has 0 unspecified atom stereocenters. The zero-order valence-corrected chi connectivity index (χ0v) is 7.34. The molecule has 2 aromatic rings. The van der Waals surface area contributed by atoms with Crippen molar-refractivity contribution in [2.45, 2.75) is 6.92 Å². The summed E-state index contributed by atoms with van der Waals surface area (Å²) in [5.74, 6) is 0.0961. The maximum atomic E-state index is 10.6. The van der Waals surface area contributed by atoms with E-state index in [-0.39, 0.29) is 5.56 Å². The van der Waals surface area contributed by atoms with E-state index in [1.807, 2.05) is 0 Å². The van der Waals surface area contributed by atoms with Gasteiger partial charge in [-0.1, -0.05) is 5.16 Å². The summed E-state index contributed by atoms with van der Waals surface area (Å²) in [5, 5.41) is 16.2. The fourth-order valence-corrected chi connectivity index (χ4v) is 1.02. The van der Waals surface area contributed by atoms with Gasteiger partial charge in [0.1, 0.15) is 5.76 Å². The van der Waals surface area contributed by atoms with E-state index in [1.54, 1.807) is 13.0 Å². The van der Waals surface area contributed by atoms with Crippen LogP contribution >= 0.6 is 0 Å². The molecule has 0 aliphatic heterocycles. The van der Waals surface area contributed by atoms with Gasteiger partial charge in [-0.3, -0.25) is 0 Å². The molecular formula is C8H7N3O3. The molecule has 14 heavy (non-hydrogen) atoms. The summed E-state index contributed by atoms with van der Waals surface area (Å²) in [5.41, 5.74) is 0.116. The van der Waals surface area contributed by atoms with Crippen molar-refractivity contribution >= 4 is 5.97 Å². The molecule has 0 aliphatic carbocycles. The summed E-state index contributed by atoms with van der Waals surface area (Å²) in [6.07, 6.45) is 2.63. The molecule has 6 nitrogen and oxygen atoms in total. The van der Waals surface area contributed by atoms with Crippen LogP contribution in [0.15, 0.2) is 23.0 Å². The van der Waals surface area contributed by atoms with Crippen molar-refractivity contribution in [3.05, 3.63) is 29.8 Å². The third-order valence-corrected chi connectivity index (χ3v) is 1.68. The Labute approximate surface area is 78.7 Å². The second kappa shape index (κ2) is 2.99. The van der Waals surface area contributed by atoms with Gasteiger partial charge in [-0.05, 0) is 6.92 Å². The highest BCUT2D eigenvalue weighted by molar-refractivity contribution is 5.86. The lowest BCUT2D eigenvalue weighted by atomic mass is 10.4. The first-order chi connectivity index (χ1) is 6.66. The quantitative estimate of drug-likeness (QED) is 0.765. The number of nitrogens with zero attached hydrogens (tertiary/aromatic N) is 3. The maximum Gasteiger partial charge on any atom is 0.338 e. The van der Waals surface area contributed by atoms with Crippen LogP contribution in [0, 0.1) is 6.92 Å². The molecule has 0 fully saturated rings. The Bertz CT molecular complexity index is 472. The first kappa shape index (κ1) is 8.49. The number of hydrogen-bond donors (Lipinski definition) is 1. The minimum absolute atomic E-state index is 0.116. The Hall–Kier alpha value is -2.11. The highest BCUT2D eigenvalue weighted by atomic mass is 16.5. The van der Waals surface area contributed by atoms with Crippen molar-refractivity contribution in [1.82, 2.24) is 14.9 Å². The normalized spacial score (nSPS) is 10.4. The number of aromatic carboxylic acids is 1. The summed E-state index contributed by atoms with van der Waals surface area (Å²) in [4.78, 5) is 10.6. The van der Waals surface area contributed by atoms with Gasteiger partial charge in [-0.15, -0.1) is 0 Å². The number of carbonyl (C=O) groups is 1. The predicted octanol–water partition coefficient (Wildman–Crippen LogP) is 0.867. The lowest BCUT2D eigenvalue weighted by Gasteiger charge is -1.89. The molecule has 0 spiro atoms. The van der Waals surface area contributed by atoms with Crippen LogP contribution in [0.3, 0.4) is 0 Å². The number of aryl methyl sites for hydroxylation is 1. The molecule has 0 bridgehead atoms. The number of carboxylic acid groups (broad SMARTS) is 1. The van der Waals surface area contributed by atoms with Gasteiger partial charge in [0.2, 0.25) is 0 Å². The highest BCUT2D eigenvalue weighted by Crippen LogP contribution is 2.08. The maximum absolute atomic E-state index is 10.6. The Kier molecular flexibility index (Phi) is 1.81. The van der Waals surface area contributed by atoms with E-state index in [0.717, 1.165) is 0 Å². The van der Waals surface area contributed by atoms with Gasteiger partial charge in [0.25, 0.3) is 0 Å². The Morgan fingerprint density at radius 3 is 2.93 bits per heavy atom. The van der Waals surface area contributed by atoms with Crippen molar-refractivity contribution in [3.63, 3.8) is 0 Å². The van der Waals surface area contributed by atoms with Gasteiger partial charge in [0, 0.05) is 12.3 Å². The molecule has 0 aliphatic rings. The third kappa shape index (κ3) is 1.37. The standard InChI is InChI=1S/C8H7N3O3/c1-5-2-7(10-14-5)11-4-6(3-9-11)8(12)13/h2-4H,1H3,(H,12,13). The summed E-state index contributed by atoms with van der Waals surface area (Å²) in [6, 6.07) is 1.67. The van der Waals surface area contributed by atoms with Crippen molar-refractivity contribution in [1.29, 1.82) is 0 Å². The second-order valence-electron chi connectivity index (χ2n) is 2.77. The molecule has 0 saturated carbocycles. The van der Waals surface area contributed by atoms with Crippen LogP contribution < -0.4 is 0 Å². The summed E-state index contributed by atoms with van der Waals surface area (Å²) < 4.78 is 6.18. The number of hydrogen-bond acceptors (Lipinski definition) is 4. The van der Waals surface area contributed by atoms with Crippen LogP contribution in [-0.4, -0.2) is 26.0 Å². The molecule has 0 amide bonds. The smallest absolute Gasteiger partial charge is 0.338 e. The second-order valence-corrected chi connectivity index (χ2v) is 2.77.